The molecule has 0 spiro atoms. The standard InChI is InChI=1S/C14H12N2O4S4/c17-12(15-9-3-5-24(19,20)8-9)7-16-13(18)11(23-14(16)21)6-10-2-1-4-22-10/h1-6,9H,7-8H2,(H,15,17)/b11-6+/t9-/m0/s1. The van der Waals surface area contributed by atoms with Gasteiger partial charge in [0.05, 0.1) is 16.7 Å². The molecule has 1 N–H and O–H groups in total. The number of carbonyl (C=O) groups excluding carboxylic acids is 2. The summed E-state index contributed by atoms with van der Waals surface area (Å²) in [4.78, 5) is 27.1. The summed E-state index contributed by atoms with van der Waals surface area (Å²) in [5.74, 6) is -0.923. The molecule has 3 heterocycles. The summed E-state index contributed by atoms with van der Waals surface area (Å²) in [6, 6.07) is 3.20. The van der Waals surface area contributed by atoms with Crippen LogP contribution in [0.15, 0.2) is 33.9 Å². The van der Waals surface area contributed by atoms with E-state index in [0.717, 1.165) is 22.0 Å². The first-order valence-corrected chi connectivity index (χ1v) is 10.7. The van der Waals surface area contributed by atoms with Gasteiger partial charge in [-0.15, -0.1) is 11.3 Å². The molecule has 2 amide bonds. The largest absolute Gasteiger partial charge is 0.347 e. The lowest BCUT2D eigenvalue weighted by Gasteiger charge is -2.16. The Kier molecular flexibility index (Phi) is 4.90. The van der Waals surface area contributed by atoms with Gasteiger partial charge in [0.15, 0.2) is 9.84 Å². The van der Waals surface area contributed by atoms with E-state index in [1.165, 1.54) is 22.3 Å². The minimum Gasteiger partial charge on any atom is -0.347 e. The van der Waals surface area contributed by atoms with E-state index in [1.54, 1.807) is 6.08 Å². The van der Waals surface area contributed by atoms with Crippen molar-refractivity contribution in [1.82, 2.24) is 10.2 Å². The summed E-state index contributed by atoms with van der Waals surface area (Å²) in [6.07, 6.45) is 3.17. The van der Waals surface area contributed by atoms with Crippen LogP contribution in [0.3, 0.4) is 0 Å². The molecule has 1 fully saturated rings. The molecule has 126 valence electrons. The van der Waals surface area contributed by atoms with Gasteiger partial charge in [-0.3, -0.25) is 14.5 Å². The maximum atomic E-state index is 12.4. The van der Waals surface area contributed by atoms with Crippen molar-refractivity contribution in [2.45, 2.75) is 6.04 Å². The molecule has 1 atom stereocenters. The SMILES string of the molecule is O=C(CN1C(=O)/C(=C\c2cccs2)SC1=S)N[C@H]1C=CS(=O)(=O)C1. The summed E-state index contributed by atoms with van der Waals surface area (Å²) in [5, 5.41) is 5.57. The van der Waals surface area contributed by atoms with E-state index >= 15 is 0 Å². The average Bonchev–Trinajstić information content (AvgIpc) is 3.17. The van der Waals surface area contributed by atoms with Crippen molar-refractivity contribution in [3.63, 3.8) is 0 Å². The number of amides is 2. The molecule has 2 aliphatic heterocycles. The molecule has 0 saturated carbocycles. The molecule has 24 heavy (non-hydrogen) atoms. The number of nitrogens with one attached hydrogen (secondary N) is 1. The second kappa shape index (κ2) is 6.79. The van der Waals surface area contributed by atoms with Crippen LogP contribution in [0.2, 0.25) is 0 Å². The highest BCUT2D eigenvalue weighted by molar-refractivity contribution is 8.26. The molecule has 1 aromatic heterocycles. The van der Waals surface area contributed by atoms with Gasteiger partial charge in [0.2, 0.25) is 5.91 Å². The molecule has 2 aliphatic rings. The predicted octanol–water partition coefficient (Wildman–Crippen LogP) is 1.38. The van der Waals surface area contributed by atoms with Crippen molar-refractivity contribution in [3.8, 4) is 0 Å². The monoisotopic (exact) mass is 400 g/mol. The number of sulfone groups is 1. The van der Waals surface area contributed by atoms with Crippen LogP contribution in [-0.2, 0) is 19.4 Å². The van der Waals surface area contributed by atoms with Gasteiger partial charge in [-0.05, 0) is 23.6 Å². The van der Waals surface area contributed by atoms with E-state index in [4.69, 9.17) is 12.2 Å². The number of rotatable bonds is 4. The van der Waals surface area contributed by atoms with Crippen LogP contribution in [0.4, 0.5) is 0 Å². The van der Waals surface area contributed by atoms with Gasteiger partial charge in [0, 0.05) is 10.3 Å². The Bertz CT molecular complexity index is 855. The zero-order chi connectivity index (χ0) is 17.3. The molecule has 0 radical (unpaired) electrons. The number of thiocarbonyl (C=S) groups is 1. The van der Waals surface area contributed by atoms with Crippen molar-refractivity contribution < 1.29 is 18.0 Å². The zero-order valence-corrected chi connectivity index (χ0v) is 15.4. The van der Waals surface area contributed by atoms with Crippen molar-refractivity contribution in [2.75, 3.05) is 12.3 Å². The number of carbonyl (C=O) groups is 2. The van der Waals surface area contributed by atoms with Crippen LogP contribution in [0.25, 0.3) is 6.08 Å². The molecule has 3 rings (SSSR count). The topological polar surface area (TPSA) is 83.6 Å². The van der Waals surface area contributed by atoms with Crippen LogP contribution in [0.5, 0.6) is 0 Å². The molecule has 1 saturated heterocycles. The molecule has 0 aromatic carbocycles. The zero-order valence-electron chi connectivity index (χ0n) is 12.2. The number of hydrogen-bond acceptors (Lipinski definition) is 7. The Morgan fingerprint density at radius 1 is 1.50 bits per heavy atom. The fourth-order valence-corrected chi connectivity index (χ4v) is 5.41. The fourth-order valence-electron chi connectivity index (χ4n) is 2.20. The van der Waals surface area contributed by atoms with Crippen molar-refractivity contribution >= 4 is 67.4 Å². The first kappa shape index (κ1) is 17.3. The lowest BCUT2D eigenvalue weighted by molar-refractivity contribution is -0.128. The summed E-state index contributed by atoms with van der Waals surface area (Å²) in [5.41, 5.74) is 0. The first-order valence-electron chi connectivity index (χ1n) is 6.83. The highest BCUT2D eigenvalue weighted by Gasteiger charge is 2.34. The Morgan fingerprint density at radius 3 is 2.92 bits per heavy atom. The van der Waals surface area contributed by atoms with Gasteiger partial charge >= 0.3 is 0 Å². The second-order valence-electron chi connectivity index (χ2n) is 5.12. The summed E-state index contributed by atoms with van der Waals surface area (Å²) in [7, 11) is -3.24. The number of hydrogen-bond donors (Lipinski definition) is 1. The van der Waals surface area contributed by atoms with Gasteiger partial charge in [-0.2, -0.15) is 0 Å². The average molecular weight is 401 g/mol. The molecule has 0 bridgehead atoms. The van der Waals surface area contributed by atoms with Gasteiger partial charge in [0.1, 0.15) is 10.9 Å². The Hall–Kier alpha value is -1.49. The summed E-state index contributed by atoms with van der Waals surface area (Å²) < 4.78 is 23.0. The van der Waals surface area contributed by atoms with E-state index < -0.39 is 21.8 Å². The van der Waals surface area contributed by atoms with E-state index in [0.29, 0.717) is 9.23 Å². The third-order valence-electron chi connectivity index (χ3n) is 3.27. The molecule has 1 aromatic rings. The molecular formula is C14H12N2O4S4. The van der Waals surface area contributed by atoms with Crippen LogP contribution in [0.1, 0.15) is 4.88 Å². The van der Waals surface area contributed by atoms with Gasteiger partial charge < -0.3 is 5.32 Å². The van der Waals surface area contributed by atoms with E-state index in [9.17, 15) is 18.0 Å². The first-order chi connectivity index (χ1) is 11.3. The third kappa shape index (κ3) is 3.94. The van der Waals surface area contributed by atoms with Crippen molar-refractivity contribution in [1.29, 1.82) is 0 Å². The van der Waals surface area contributed by atoms with E-state index in [2.05, 4.69) is 5.32 Å². The summed E-state index contributed by atoms with van der Waals surface area (Å²) in [6.45, 7) is -0.225. The smallest absolute Gasteiger partial charge is 0.266 e. The molecule has 6 nitrogen and oxygen atoms in total. The minimum atomic E-state index is -3.24. The van der Waals surface area contributed by atoms with Crippen molar-refractivity contribution in [2.24, 2.45) is 0 Å². The third-order valence-corrected chi connectivity index (χ3v) is 6.86. The van der Waals surface area contributed by atoms with Gasteiger partial charge in [0.25, 0.3) is 5.91 Å². The van der Waals surface area contributed by atoms with E-state index in [-0.39, 0.29) is 18.2 Å². The lowest BCUT2D eigenvalue weighted by atomic mass is 10.3. The Labute approximate surface area is 152 Å². The van der Waals surface area contributed by atoms with Crippen LogP contribution >= 0.6 is 35.3 Å². The molecule has 0 aliphatic carbocycles. The number of thiophene rings is 1. The van der Waals surface area contributed by atoms with Crippen LogP contribution < -0.4 is 5.32 Å². The van der Waals surface area contributed by atoms with Crippen LogP contribution in [0, 0.1) is 0 Å². The number of nitrogens with zero attached hydrogens (tertiary/aromatic N) is 1. The lowest BCUT2D eigenvalue weighted by Crippen LogP contribution is -2.43. The quantitative estimate of drug-likeness (QED) is 0.607. The highest BCUT2D eigenvalue weighted by atomic mass is 32.2. The maximum absolute atomic E-state index is 12.4. The minimum absolute atomic E-state index is 0.157. The van der Waals surface area contributed by atoms with Crippen molar-refractivity contribution in [3.05, 3.63) is 38.8 Å². The summed E-state index contributed by atoms with van der Waals surface area (Å²) >= 11 is 7.82. The van der Waals surface area contributed by atoms with Gasteiger partial charge in [-0.25, -0.2) is 8.42 Å². The molecule has 10 heteroatoms. The van der Waals surface area contributed by atoms with Gasteiger partial charge in [-0.1, -0.05) is 30.0 Å². The highest BCUT2D eigenvalue weighted by Crippen LogP contribution is 2.33. The Morgan fingerprint density at radius 2 is 2.29 bits per heavy atom. The Balaban J connectivity index is 1.63. The maximum Gasteiger partial charge on any atom is 0.266 e. The fraction of sp³-hybridized carbons (Fsp3) is 0.214. The van der Waals surface area contributed by atoms with Crippen LogP contribution in [-0.4, -0.2) is 47.8 Å². The normalized spacial score (nSPS) is 24.1. The molecular weight excluding hydrogens is 388 g/mol. The predicted molar refractivity (Wildman–Crippen MR) is 99.1 cm³/mol. The number of thioether (sulfide) groups is 1. The second-order valence-corrected chi connectivity index (χ2v) is 9.70. The molecule has 0 unspecified atom stereocenters. The van der Waals surface area contributed by atoms with E-state index in [1.807, 2.05) is 17.5 Å².